The van der Waals surface area contributed by atoms with Crippen molar-refractivity contribution in [3.8, 4) is 0 Å². The fraction of sp³-hybridized carbons (Fsp3) is 0.429. The van der Waals surface area contributed by atoms with E-state index in [1.165, 1.54) is 25.3 Å². The van der Waals surface area contributed by atoms with Crippen molar-refractivity contribution < 1.29 is 37.2 Å². The van der Waals surface area contributed by atoms with Crippen molar-refractivity contribution in [3.05, 3.63) is 35.4 Å². The molecule has 0 aliphatic carbocycles. The zero-order valence-corrected chi connectivity index (χ0v) is 13.5. The molecule has 1 aliphatic rings. The normalized spacial score (nSPS) is 16.6. The van der Waals surface area contributed by atoms with E-state index in [2.05, 4.69) is 4.74 Å². The summed E-state index contributed by atoms with van der Waals surface area (Å²) in [6.45, 7) is 0.354. The highest BCUT2D eigenvalue weighted by atomic mass is 31.2. The Kier molecular flexibility index (Phi) is 6.29. The molecule has 1 saturated heterocycles. The van der Waals surface area contributed by atoms with E-state index in [9.17, 15) is 14.2 Å². The van der Waals surface area contributed by atoms with Gasteiger partial charge in [-0.25, -0.2) is 14.2 Å². The smallest absolute Gasteiger partial charge is 0.465 e. The SMILES string of the molecule is COC(=O)c1cccc(C(=O)OCCOP2(=O)OCCCO2)c1. The lowest BCUT2D eigenvalue weighted by molar-refractivity contribution is 0.0335. The first kappa shape index (κ1) is 17.6. The zero-order chi connectivity index (χ0) is 16.7. The van der Waals surface area contributed by atoms with Crippen molar-refractivity contribution in [1.29, 1.82) is 0 Å². The largest absolute Gasteiger partial charge is 0.474 e. The Labute approximate surface area is 133 Å². The van der Waals surface area contributed by atoms with Gasteiger partial charge in [0, 0.05) is 0 Å². The maximum Gasteiger partial charge on any atom is 0.474 e. The second-order valence-corrected chi connectivity index (χ2v) is 6.18. The van der Waals surface area contributed by atoms with Crippen LogP contribution in [0.25, 0.3) is 0 Å². The molecule has 126 valence electrons. The van der Waals surface area contributed by atoms with Crippen LogP contribution in [-0.2, 0) is 27.6 Å². The number of phosphoric acid groups is 1. The third-order valence-corrected chi connectivity index (χ3v) is 4.37. The molecular formula is C14H17O8P. The lowest BCUT2D eigenvalue weighted by Gasteiger charge is -2.21. The van der Waals surface area contributed by atoms with Gasteiger partial charge in [0.25, 0.3) is 0 Å². The van der Waals surface area contributed by atoms with Gasteiger partial charge in [0.1, 0.15) is 6.61 Å². The summed E-state index contributed by atoms with van der Waals surface area (Å²) >= 11 is 0. The molecule has 0 saturated carbocycles. The lowest BCUT2D eigenvalue weighted by atomic mass is 10.1. The summed E-state index contributed by atoms with van der Waals surface area (Å²) in [6.07, 6.45) is 0.652. The van der Waals surface area contributed by atoms with Crippen molar-refractivity contribution in [2.24, 2.45) is 0 Å². The summed E-state index contributed by atoms with van der Waals surface area (Å²) in [6, 6.07) is 5.94. The van der Waals surface area contributed by atoms with Crippen LogP contribution < -0.4 is 0 Å². The zero-order valence-electron chi connectivity index (χ0n) is 12.6. The van der Waals surface area contributed by atoms with E-state index < -0.39 is 19.8 Å². The molecule has 1 fully saturated rings. The summed E-state index contributed by atoms with van der Waals surface area (Å²) in [5.74, 6) is -1.18. The van der Waals surface area contributed by atoms with Gasteiger partial charge in [0.2, 0.25) is 0 Å². The monoisotopic (exact) mass is 344 g/mol. The number of ether oxygens (including phenoxy) is 2. The third kappa shape index (κ3) is 5.14. The summed E-state index contributed by atoms with van der Waals surface area (Å²) < 4.78 is 36.3. The number of rotatable bonds is 6. The predicted molar refractivity (Wildman–Crippen MR) is 78.1 cm³/mol. The van der Waals surface area contributed by atoms with E-state index in [0.717, 1.165) is 0 Å². The van der Waals surface area contributed by atoms with Crippen molar-refractivity contribution in [1.82, 2.24) is 0 Å². The van der Waals surface area contributed by atoms with Crippen molar-refractivity contribution in [2.75, 3.05) is 33.5 Å². The lowest BCUT2D eigenvalue weighted by Crippen LogP contribution is -2.14. The summed E-state index contributed by atoms with van der Waals surface area (Å²) in [4.78, 5) is 23.3. The molecule has 0 amide bonds. The summed E-state index contributed by atoms with van der Waals surface area (Å²) in [7, 11) is -2.27. The first-order chi connectivity index (χ1) is 11.0. The number of carbonyl (C=O) groups excluding carboxylic acids is 2. The number of methoxy groups -OCH3 is 1. The van der Waals surface area contributed by atoms with Gasteiger partial charge in [0.05, 0.1) is 38.1 Å². The number of hydrogen-bond acceptors (Lipinski definition) is 8. The Balaban J connectivity index is 1.81. The average molecular weight is 344 g/mol. The highest BCUT2D eigenvalue weighted by Gasteiger charge is 2.29. The van der Waals surface area contributed by atoms with Gasteiger partial charge in [-0.05, 0) is 24.6 Å². The van der Waals surface area contributed by atoms with Gasteiger partial charge in [0.15, 0.2) is 0 Å². The van der Waals surface area contributed by atoms with E-state index in [1.807, 2.05) is 0 Å². The van der Waals surface area contributed by atoms with E-state index in [0.29, 0.717) is 19.6 Å². The van der Waals surface area contributed by atoms with Gasteiger partial charge >= 0.3 is 19.8 Å². The van der Waals surface area contributed by atoms with Crippen LogP contribution in [0.1, 0.15) is 27.1 Å². The first-order valence-corrected chi connectivity index (χ1v) is 8.39. The molecule has 2 rings (SSSR count). The third-order valence-electron chi connectivity index (χ3n) is 2.87. The molecule has 1 aliphatic heterocycles. The van der Waals surface area contributed by atoms with E-state index in [1.54, 1.807) is 6.07 Å². The number of hydrogen-bond donors (Lipinski definition) is 0. The maximum absolute atomic E-state index is 11.9. The molecule has 23 heavy (non-hydrogen) atoms. The molecule has 8 nitrogen and oxygen atoms in total. The van der Waals surface area contributed by atoms with Crippen LogP contribution in [0.5, 0.6) is 0 Å². The summed E-state index contributed by atoms with van der Waals surface area (Å²) in [5, 5.41) is 0. The Morgan fingerprint density at radius 2 is 1.78 bits per heavy atom. The standard InChI is InChI=1S/C14H17O8P/c1-18-13(15)11-4-2-5-12(10-11)14(16)19-8-9-22-23(17)20-6-3-7-21-23/h2,4-5,10H,3,6-9H2,1H3. The molecule has 1 aromatic carbocycles. The Morgan fingerprint density at radius 3 is 2.43 bits per heavy atom. The Hall–Kier alpha value is -1.73. The molecule has 1 aromatic rings. The quantitative estimate of drug-likeness (QED) is 0.440. The molecule has 1 heterocycles. The average Bonchev–Trinajstić information content (AvgIpc) is 2.58. The van der Waals surface area contributed by atoms with Crippen molar-refractivity contribution in [3.63, 3.8) is 0 Å². The van der Waals surface area contributed by atoms with Gasteiger partial charge in [-0.2, -0.15) is 0 Å². The van der Waals surface area contributed by atoms with Gasteiger partial charge < -0.3 is 9.47 Å². The molecule has 0 spiro atoms. The molecule has 0 unspecified atom stereocenters. The fourth-order valence-electron chi connectivity index (χ4n) is 1.78. The molecule has 0 N–H and O–H groups in total. The molecular weight excluding hydrogens is 327 g/mol. The maximum atomic E-state index is 11.9. The van der Waals surface area contributed by atoms with E-state index in [-0.39, 0.29) is 24.3 Å². The number of carbonyl (C=O) groups is 2. The minimum atomic E-state index is -3.52. The first-order valence-electron chi connectivity index (χ1n) is 6.93. The van der Waals surface area contributed by atoms with E-state index in [4.69, 9.17) is 18.3 Å². The van der Waals surface area contributed by atoms with Crippen LogP contribution >= 0.6 is 7.82 Å². The number of esters is 2. The van der Waals surface area contributed by atoms with Crippen LogP contribution in [0.2, 0.25) is 0 Å². The fourth-order valence-corrected chi connectivity index (χ4v) is 3.01. The Bertz CT molecular complexity index is 605. The highest BCUT2D eigenvalue weighted by molar-refractivity contribution is 7.48. The van der Waals surface area contributed by atoms with Crippen LogP contribution in [-0.4, -0.2) is 45.5 Å². The van der Waals surface area contributed by atoms with Crippen LogP contribution in [0, 0.1) is 0 Å². The van der Waals surface area contributed by atoms with Gasteiger partial charge in [-0.1, -0.05) is 6.07 Å². The minimum Gasteiger partial charge on any atom is -0.465 e. The van der Waals surface area contributed by atoms with Crippen molar-refractivity contribution in [2.45, 2.75) is 6.42 Å². The Morgan fingerprint density at radius 1 is 1.13 bits per heavy atom. The minimum absolute atomic E-state index is 0.125. The van der Waals surface area contributed by atoms with Gasteiger partial charge in [-0.3, -0.25) is 13.6 Å². The second-order valence-electron chi connectivity index (χ2n) is 4.51. The second kappa shape index (κ2) is 8.21. The summed E-state index contributed by atoms with van der Waals surface area (Å²) in [5.41, 5.74) is 0.441. The van der Waals surface area contributed by atoms with Crippen LogP contribution in [0.4, 0.5) is 0 Å². The number of benzene rings is 1. The van der Waals surface area contributed by atoms with E-state index >= 15 is 0 Å². The van der Waals surface area contributed by atoms with Crippen LogP contribution in [0.15, 0.2) is 24.3 Å². The van der Waals surface area contributed by atoms with Crippen LogP contribution in [0.3, 0.4) is 0 Å². The molecule has 0 aromatic heterocycles. The molecule has 0 bridgehead atoms. The highest BCUT2D eigenvalue weighted by Crippen LogP contribution is 2.51. The van der Waals surface area contributed by atoms with Crippen molar-refractivity contribution >= 4 is 19.8 Å². The molecule has 0 atom stereocenters. The molecule has 9 heteroatoms. The molecule has 0 radical (unpaired) electrons. The topological polar surface area (TPSA) is 97.4 Å². The predicted octanol–water partition coefficient (Wildman–Crippen LogP) is 2.19. The number of phosphoric ester groups is 1. The van der Waals surface area contributed by atoms with Gasteiger partial charge in [-0.15, -0.1) is 0 Å².